The Morgan fingerprint density at radius 2 is 1.21 bits per heavy atom. The average molecular weight is 812 g/mol. The molecule has 0 radical (unpaired) electrons. The van der Waals surface area contributed by atoms with Gasteiger partial charge in [-0.15, -0.1) is 0 Å². The molecule has 1 amide bonds. The SMILES string of the molecule is CC/C=C\C/C=C\C/C=C\C/C=C\C/C=C\CCCCCC(=O)NC(COC1OC(CO)C(OC2OC(CO)C(O)C(O)C2O)C(O)C1O)C(O)CCCCCC. The van der Waals surface area contributed by atoms with Gasteiger partial charge in [-0.05, 0) is 57.8 Å². The van der Waals surface area contributed by atoms with Crippen LogP contribution in [0.4, 0.5) is 0 Å². The van der Waals surface area contributed by atoms with Crippen molar-refractivity contribution in [2.24, 2.45) is 0 Å². The van der Waals surface area contributed by atoms with E-state index in [1.54, 1.807) is 0 Å². The smallest absolute Gasteiger partial charge is 0.220 e. The van der Waals surface area contributed by atoms with E-state index in [0.29, 0.717) is 12.8 Å². The number of hydrogen-bond acceptors (Lipinski definition) is 13. The summed E-state index contributed by atoms with van der Waals surface area (Å²) in [5, 5.41) is 85.9. The number of unbranched alkanes of at least 4 members (excludes halogenated alkanes) is 6. The summed E-state index contributed by atoms with van der Waals surface area (Å²) in [6.45, 7) is 2.53. The van der Waals surface area contributed by atoms with Crippen LogP contribution in [0, 0.1) is 0 Å². The standard InChI is InChI=1S/C43H73NO13/c1-3-5-7-9-10-11-12-13-14-15-16-17-18-19-20-21-22-23-25-27-35(48)44-31(32(47)26-24-8-6-4-2)30-54-42-40(53)38(51)41(34(29-46)56-42)57-43-39(52)37(50)36(49)33(28-45)55-43/h5,7,10-11,13-14,16-17,19-20,31-34,36-43,45-47,49-53H,3-4,6,8-9,12,15,18,21-30H2,1-2H3,(H,44,48)/b7-5-,11-10-,14-13-,17-16-,20-19-. The summed E-state index contributed by atoms with van der Waals surface area (Å²) in [4.78, 5) is 13.0. The molecule has 0 bridgehead atoms. The highest BCUT2D eigenvalue weighted by atomic mass is 16.7. The van der Waals surface area contributed by atoms with Crippen LogP contribution < -0.4 is 5.32 Å². The number of carbonyl (C=O) groups excluding carboxylic acids is 1. The molecule has 328 valence electrons. The molecular weight excluding hydrogens is 738 g/mol. The normalized spacial score (nSPS) is 29.7. The van der Waals surface area contributed by atoms with Gasteiger partial charge in [0, 0.05) is 6.42 Å². The van der Waals surface area contributed by atoms with E-state index in [2.05, 4.69) is 79.9 Å². The Morgan fingerprint density at radius 3 is 1.81 bits per heavy atom. The molecule has 12 atom stereocenters. The van der Waals surface area contributed by atoms with Crippen molar-refractivity contribution < 1.29 is 64.6 Å². The molecule has 2 heterocycles. The molecule has 2 saturated heterocycles. The molecule has 0 aliphatic carbocycles. The molecule has 0 spiro atoms. The van der Waals surface area contributed by atoms with E-state index in [0.717, 1.165) is 77.0 Å². The molecule has 14 nitrogen and oxygen atoms in total. The Kier molecular flexibility index (Phi) is 27.4. The number of rotatable bonds is 29. The second-order valence-electron chi connectivity index (χ2n) is 14.7. The van der Waals surface area contributed by atoms with Gasteiger partial charge in [0.25, 0.3) is 0 Å². The second-order valence-corrected chi connectivity index (χ2v) is 14.7. The van der Waals surface area contributed by atoms with Gasteiger partial charge in [0.1, 0.15) is 48.8 Å². The topological polar surface area (TPSA) is 228 Å². The Bertz CT molecular complexity index is 1190. The van der Waals surface area contributed by atoms with Crippen molar-refractivity contribution in [1.82, 2.24) is 5.32 Å². The molecule has 0 aromatic rings. The van der Waals surface area contributed by atoms with Gasteiger partial charge in [-0.3, -0.25) is 4.79 Å². The maximum atomic E-state index is 13.0. The molecule has 2 aliphatic rings. The lowest BCUT2D eigenvalue weighted by atomic mass is 9.97. The highest BCUT2D eigenvalue weighted by Crippen LogP contribution is 2.30. The van der Waals surface area contributed by atoms with Gasteiger partial charge in [0.2, 0.25) is 5.91 Å². The largest absolute Gasteiger partial charge is 0.394 e. The first-order chi connectivity index (χ1) is 27.6. The van der Waals surface area contributed by atoms with Crippen molar-refractivity contribution in [2.75, 3.05) is 19.8 Å². The zero-order valence-corrected chi connectivity index (χ0v) is 34.0. The third-order valence-electron chi connectivity index (χ3n) is 10.00. The predicted octanol–water partition coefficient (Wildman–Crippen LogP) is 3.15. The van der Waals surface area contributed by atoms with Crippen LogP contribution in [0.3, 0.4) is 0 Å². The average Bonchev–Trinajstić information content (AvgIpc) is 3.21. The minimum atomic E-state index is -1.78. The minimum Gasteiger partial charge on any atom is -0.394 e. The van der Waals surface area contributed by atoms with Gasteiger partial charge in [-0.1, -0.05) is 107 Å². The van der Waals surface area contributed by atoms with Gasteiger partial charge in [-0.2, -0.15) is 0 Å². The maximum Gasteiger partial charge on any atom is 0.220 e. The van der Waals surface area contributed by atoms with Crippen LogP contribution in [0.15, 0.2) is 60.8 Å². The van der Waals surface area contributed by atoms with Crippen molar-refractivity contribution >= 4 is 5.91 Å². The minimum absolute atomic E-state index is 0.252. The predicted molar refractivity (Wildman–Crippen MR) is 217 cm³/mol. The second kappa shape index (κ2) is 30.7. The Labute approximate surface area is 339 Å². The van der Waals surface area contributed by atoms with Gasteiger partial charge >= 0.3 is 0 Å². The molecule has 12 unspecified atom stereocenters. The number of aliphatic hydroxyl groups excluding tert-OH is 8. The van der Waals surface area contributed by atoms with Crippen molar-refractivity contribution in [3.05, 3.63) is 60.8 Å². The summed E-state index contributed by atoms with van der Waals surface area (Å²) < 4.78 is 22.5. The molecule has 57 heavy (non-hydrogen) atoms. The van der Waals surface area contributed by atoms with E-state index in [4.69, 9.17) is 18.9 Å². The number of nitrogens with one attached hydrogen (secondary N) is 1. The van der Waals surface area contributed by atoms with Gasteiger partial charge in [0.15, 0.2) is 12.6 Å². The fourth-order valence-corrected chi connectivity index (χ4v) is 6.49. The van der Waals surface area contributed by atoms with Crippen LogP contribution in [0.25, 0.3) is 0 Å². The molecule has 2 aliphatic heterocycles. The zero-order valence-electron chi connectivity index (χ0n) is 34.0. The number of aliphatic hydroxyl groups is 8. The zero-order chi connectivity index (χ0) is 41.8. The van der Waals surface area contributed by atoms with Crippen molar-refractivity contribution in [3.8, 4) is 0 Å². The summed E-state index contributed by atoms with van der Waals surface area (Å²) in [5.41, 5.74) is 0. The van der Waals surface area contributed by atoms with Crippen molar-refractivity contribution in [1.29, 1.82) is 0 Å². The lowest BCUT2D eigenvalue weighted by Gasteiger charge is -2.46. The first-order valence-corrected chi connectivity index (χ1v) is 21.0. The molecule has 0 saturated carbocycles. The van der Waals surface area contributed by atoms with Crippen LogP contribution in [-0.4, -0.2) is 140 Å². The van der Waals surface area contributed by atoms with E-state index in [-0.39, 0.29) is 18.9 Å². The summed E-state index contributed by atoms with van der Waals surface area (Å²) in [6.07, 6.45) is 17.4. The van der Waals surface area contributed by atoms with Gasteiger partial charge in [-0.25, -0.2) is 0 Å². The molecule has 0 aromatic carbocycles. The highest BCUT2D eigenvalue weighted by Gasteiger charge is 2.50. The van der Waals surface area contributed by atoms with E-state index < -0.39 is 86.8 Å². The Hall–Kier alpha value is -2.31. The number of hydrogen-bond donors (Lipinski definition) is 9. The van der Waals surface area contributed by atoms with E-state index in [9.17, 15) is 45.6 Å². The molecule has 2 rings (SSSR count). The van der Waals surface area contributed by atoms with Crippen LogP contribution >= 0.6 is 0 Å². The van der Waals surface area contributed by atoms with Crippen LogP contribution in [0.2, 0.25) is 0 Å². The third-order valence-corrected chi connectivity index (χ3v) is 10.00. The first kappa shape index (κ1) is 50.8. The van der Waals surface area contributed by atoms with Gasteiger partial charge in [0.05, 0.1) is 32.0 Å². The van der Waals surface area contributed by atoms with E-state index in [1.807, 2.05) is 0 Å². The fourth-order valence-electron chi connectivity index (χ4n) is 6.49. The molecule has 2 fully saturated rings. The maximum absolute atomic E-state index is 13.0. The number of amides is 1. The third kappa shape index (κ3) is 19.5. The highest BCUT2D eigenvalue weighted by molar-refractivity contribution is 5.76. The monoisotopic (exact) mass is 812 g/mol. The lowest BCUT2D eigenvalue weighted by molar-refractivity contribution is -0.359. The summed E-state index contributed by atoms with van der Waals surface area (Å²) in [7, 11) is 0. The van der Waals surface area contributed by atoms with Gasteiger partial charge < -0.3 is 65.1 Å². The van der Waals surface area contributed by atoms with E-state index >= 15 is 0 Å². The van der Waals surface area contributed by atoms with Crippen molar-refractivity contribution in [3.63, 3.8) is 0 Å². The van der Waals surface area contributed by atoms with Crippen LogP contribution in [0.1, 0.15) is 110 Å². The molecule has 0 aromatic heterocycles. The van der Waals surface area contributed by atoms with Crippen LogP contribution in [0.5, 0.6) is 0 Å². The molecule has 14 heteroatoms. The summed E-state index contributed by atoms with van der Waals surface area (Å²) in [6, 6.07) is -0.843. The Balaban J connectivity index is 1.80. The van der Waals surface area contributed by atoms with E-state index in [1.165, 1.54) is 0 Å². The van der Waals surface area contributed by atoms with Crippen molar-refractivity contribution in [2.45, 2.75) is 184 Å². The fraction of sp³-hybridized carbons (Fsp3) is 0.744. The summed E-state index contributed by atoms with van der Waals surface area (Å²) in [5.74, 6) is -0.252. The summed E-state index contributed by atoms with van der Waals surface area (Å²) >= 11 is 0. The van der Waals surface area contributed by atoms with Crippen LogP contribution in [-0.2, 0) is 23.7 Å². The number of ether oxygens (including phenoxy) is 4. The number of allylic oxidation sites excluding steroid dienone is 10. The Morgan fingerprint density at radius 1 is 0.649 bits per heavy atom. The quantitative estimate of drug-likeness (QED) is 0.0392. The lowest BCUT2D eigenvalue weighted by Crippen LogP contribution is -2.65. The first-order valence-electron chi connectivity index (χ1n) is 21.0. The molecule has 9 N–H and O–H groups in total. The molecular formula is C43H73NO13. The number of carbonyl (C=O) groups is 1.